The van der Waals surface area contributed by atoms with Crippen LogP contribution in [-0.2, 0) is 14.3 Å². The Morgan fingerprint density at radius 2 is 1.36 bits per heavy atom. The first-order valence-electron chi connectivity index (χ1n) is 10.4. The van der Waals surface area contributed by atoms with Crippen molar-refractivity contribution in [3.05, 3.63) is 31.6 Å². The molecule has 2 heterocycles. The smallest absolute Gasteiger partial charge is 0.350 e. The van der Waals surface area contributed by atoms with Gasteiger partial charge in [-0.05, 0) is 49.6 Å². The number of hydrogen-bond acceptors (Lipinski definition) is 8. The van der Waals surface area contributed by atoms with E-state index >= 15 is 0 Å². The zero-order valence-electron chi connectivity index (χ0n) is 19.4. The summed E-state index contributed by atoms with van der Waals surface area (Å²) >= 11 is 2.39. The molecule has 0 aromatic carbocycles. The molecule has 0 aliphatic carbocycles. The van der Waals surface area contributed by atoms with Crippen molar-refractivity contribution in [2.24, 2.45) is 0 Å². The standard InChI is InChI=1S/C22H29N2O6PS2/c1-6-31(7-2,9-16(27)23-18-13(3)11-32-20(18)15(26)8-25)10-17(28)24-19-14(4)12-33-21(19)22(29)30-5/h11-12,25H,6-10H2,1-5H3,(H-,23,24,26,27,28,29)/p+1. The molecule has 0 radical (unpaired) electrons. The van der Waals surface area contributed by atoms with E-state index in [0.717, 1.165) is 11.1 Å². The minimum atomic E-state index is -2.00. The van der Waals surface area contributed by atoms with E-state index in [0.29, 0.717) is 33.5 Å². The van der Waals surface area contributed by atoms with Crippen LogP contribution in [0, 0.1) is 13.8 Å². The summed E-state index contributed by atoms with van der Waals surface area (Å²) in [4.78, 5) is 50.6. The van der Waals surface area contributed by atoms with Gasteiger partial charge in [-0.2, -0.15) is 0 Å². The molecular weight excluding hydrogens is 483 g/mol. The van der Waals surface area contributed by atoms with Gasteiger partial charge in [-0.1, -0.05) is 0 Å². The van der Waals surface area contributed by atoms with Crippen molar-refractivity contribution < 1.29 is 29.0 Å². The molecule has 11 heteroatoms. The molecule has 0 fully saturated rings. The van der Waals surface area contributed by atoms with Crippen LogP contribution in [0.4, 0.5) is 11.4 Å². The van der Waals surface area contributed by atoms with Gasteiger partial charge in [0.05, 0.1) is 35.7 Å². The van der Waals surface area contributed by atoms with Gasteiger partial charge in [0.1, 0.15) is 23.8 Å². The third-order valence-corrected chi connectivity index (χ3v) is 12.4. The predicted octanol–water partition coefficient (Wildman–Crippen LogP) is 4.02. The number of aryl methyl sites for hydroxylation is 2. The van der Waals surface area contributed by atoms with Gasteiger partial charge >= 0.3 is 5.97 Å². The second-order valence-corrected chi connectivity index (χ2v) is 14.0. The monoisotopic (exact) mass is 513 g/mol. The highest BCUT2D eigenvalue weighted by Gasteiger charge is 2.39. The number of carbonyl (C=O) groups excluding carboxylic acids is 4. The van der Waals surface area contributed by atoms with Crippen molar-refractivity contribution in [1.82, 2.24) is 0 Å². The average Bonchev–Trinajstić information content (AvgIpc) is 3.34. The number of amides is 2. The number of Topliss-reactive ketones (excluding diaryl/α,β-unsaturated/α-hetero) is 1. The molecule has 0 aliphatic heterocycles. The Morgan fingerprint density at radius 1 is 0.909 bits per heavy atom. The number of carbonyl (C=O) groups is 4. The summed E-state index contributed by atoms with van der Waals surface area (Å²) in [6.45, 7) is 6.92. The fourth-order valence-electron chi connectivity index (χ4n) is 3.41. The van der Waals surface area contributed by atoms with Gasteiger partial charge in [-0.3, -0.25) is 14.4 Å². The fraction of sp³-hybridized carbons (Fsp3) is 0.455. The number of esters is 1. The number of ether oxygens (including phenoxy) is 1. The molecule has 0 saturated carbocycles. The third kappa shape index (κ3) is 6.47. The molecule has 8 nitrogen and oxygen atoms in total. The van der Waals surface area contributed by atoms with E-state index in [9.17, 15) is 24.3 Å². The van der Waals surface area contributed by atoms with E-state index in [1.807, 2.05) is 20.8 Å². The second-order valence-electron chi connectivity index (χ2n) is 7.71. The van der Waals surface area contributed by atoms with Gasteiger partial charge < -0.3 is 20.5 Å². The van der Waals surface area contributed by atoms with Gasteiger partial charge in [0.15, 0.2) is 5.78 Å². The highest BCUT2D eigenvalue weighted by atomic mass is 32.1. The van der Waals surface area contributed by atoms with E-state index in [1.54, 1.807) is 17.7 Å². The van der Waals surface area contributed by atoms with E-state index in [2.05, 4.69) is 10.6 Å². The fourth-order valence-corrected chi connectivity index (χ4v) is 8.10. The van der Waals surface area contributed by atoms with Gasteiger partial charge in [0.25, 0.3) is 11.8 Å². The van der Waals surface area contributed by atoms with Gasteiger partial charge in [0, 0.05) is 7.26 Å². The molecule has 2 aromatic heterocycles. The molecule has 2 amide bonds. The number of hydrogen-bond donors (Lipinski definition) is 3. The molecule has 0 bridgehead atoms. The number of nitrogens with one attached hydrogen (secondary N) is 2. The zero-order valence-corrected chi connectivity index (χ0v) is 22.0. The lowest BCUT2D eigenvalue weighted by Gasteiger charge is -2.24. The molecule has 2 aromatic rings. The second kappa shape index (κ2) is 11.8. The summed E-state index contributed by atoms with van der Waals surface area (Å²) in [5.41, 5.74) is 2.41. The van der Waals surface area contributed by atoms with E-state index in [-0.39, 0.29) is 24.1 Å². The Kier molecular flexibility index (Phi) is 9.72. The molecule has 0 aliphatic rings. The van der Waals surface area contributed by atoms with Crippen LogP contribution in [-0.4, -0.2) is 67.0 Å². The van der Waals surface area contributed by atoms with Crippen LogP contribution in [0.25, 0.3) is 0 Å². The van der Waals surface area contributed by atoms with Crippen LogP contribution in [0.1, 0.15) is 44.3 Å². The summed E-state index contributed by atoms with van der Waals surface area (Å²) in [5.74, 6) is -1.44. The van der Waals surface area contributed by atoms with Crippen LogP contribution in [0.2, 0.25) is 0 Å². The van der Waals surface area contributed by atoms with Crippen LogP contribution < -0.4 is 10.6 Å². The number of anilines is 2. The van der Waals surface area contributed by atoms with Crippen LogP contribution >= 0.6 is 29.9 Å². The SMILES string of the molecule is CC[P+](CC)(CC(=O)Nc1c(C)csc1C(=O)CO)CC(=O)Nc1c(C)csc1C(=O)OC. The Bertz CT molecular complexity index is 964. The first-order chi connectivity index (χ1) is 15.6. The zero-order chi connectivity index (χ0) is 24.8. The van der Waals surface area contributed by atoms with Gasteiger partial charge in [-0.15, -0.1) is 22.7 Å². The van der Waals surface area contributed by atoms with Gasteiger partial charge in [-0.25, -0.2) is 4.79 Å². The number of aliphatic hydroxyl groups excluding tert-OH is 1. The molecule has 0 spiro atoms. The normalized spacial score (nSPS) is 11.2. The number of ketones is 1. The lowest BCUT2D eigenvalue weighted by atomic mass is 10.2. The summed E-state index contributed by atoms with van der Waals surface area (Å²) in [6, 6.07) is 0. The lowest BCUT2D eigenvalue weighted by Crippen LogP contribution is -2.28. The molecular formula is C22H30N2O6PS2+. The number of methoxy groups -OCH3 is 1. The highest BCUT2D eigenvalue weighted by molar-refractivity contribution is 7.77. The molecule has 3 N–H and O–H groups in total. The van der Waals surface area contributed by atoms with Crippen molar-refractivity contribution in [3.63, 3.8) is 0 Å². The summed E-state index contributed by atoms with van der Waals surface area (Å²) in [7, 11) is -0.704. The summed E-state index contributed by atoms with van der Waals surface area (Å²) in [6.07, 6.45) is 1.79. The largest absolute Gasteiger partial charge is 0.465 e. The van der Waals surface area contributed by atoms with Crippen LogP contribution in [0.5, 0.6) is 0 Å². The molecule has 0 unspecified atom stereocenters. The Morgan fingerprint density at radius 3 is 1.79 bits per heavy atom. The minimum absolute atomic E-state index is 0.196. The minimum Gasteiger partial charge on any atom is -0.465 e. The van der Waals surface area contributed by atoms with E-state index < -0.39 is 25.6 Å². The number of thiophene rings is 2. The molecule has 33 heavy (non-hydrogen) atoms. The van der Waals surface area contributed by atoms with Crippen LogP contribution in [0.15, 0.2) is 10.8 Å². The highest BCUT2D eigenvalue weighted by Crippen LogP contribution is 2.58. The average molecular weight is 514 g/mol. The number of rotatable bonds is 11. The topological polar surface area (TPSA) is 122 Å². The van der Waals surface area contributed by atoms with E-state index in [1.165, 1.54) is 29.8 Å². The first-order valence-corrected chi connectivity index (χ1v) is 14.7. The Labute approximate surface area is 202 Å². The van der Waals surface area contributed by atoms with Crippen LogP contribution in [0.3, 0.4) is 0 Å². The van der Waals surface area contributed by atoms with Gasteiger partial charge in [0.2, 0.25) is 0 Å². The molecule has 0 atom stereocenters. The Hall–Kier alpha value is -2.13. The predicted molar refractivity (Wildman–Crippen MR) is 136 cm³/mol. The van der Waals surface area contributed by atoms with E-state index in [4.69, 9.17) is 4.74 Å². The molecule has 2 rings (SSSR count). The van der Waals surface area contributed by atoms with Crippen molar-refractivity contribution >= 4 is 64.9 Å². The Balaban J connectivity index is 2.16. The first kappa shape index (κ1) is 27.1. The molecule has 180 valence electrons. The van der Waals surface area contributed by atoms with Crippen molar-refractivity contribution in [1.29, 1.82) is 0 Å². The third-order valence-electron chi connectivity index (χ3n) is 5.55. The number of aliphatic hydroxyl groups is 1. The lowest BCUT2D eigenvalue weighted by molar-refractivity contribution is -0.114. The molecule has 0 saturated heterocycles. The quantitative estimate of drug-likeness (QED) is 0.237. The van der Waals surface area contributed by atoms with Crippen molar-refractivity contribution in [2.75, 3.05) is 49.0 Å². The summed E-state index contributed by atoms with van der Waals surface area (Å²) in [5, 5.41) is 18.4. The maximum absolute atomic E-state index is 13.0. The summed E-state index contributed by atoms with van der Waals surface area (Å²) < 4.78 is 4.80. The maximum Gasteiger partial charge on any atom is 0.350 e. The van der Waals surface area contributed by atoms with Crippen molar-refractivity contribution in [2.45, 2.75) is 27.7 Å². The van der Waals surface area contributed by atoms with Crippen molar-refractivity contribution in [3.8, 4) is 0 Å². The maximum atomic E-state index is 13.0.